The Balaban J connectivity index is 1.29. The minimum Gasteiger partial charge on any atom is -0.353 e. The molecule has 0 spiro atoms. The molecular weight excluding hydrogens is 354 g/mol. The van der Waals surface area contributed by atoms with Crippen molar-refractivity contribution in [1.82, 2.24) is 5.32 Å². The summed E-state index contributed by atoms with van der Waals surface area (Å²) in [6.45, 7) is 2.49. The SMILES string of the molecule is CC12CC3CC(C(=O)NC4C[C@H]5CC[C@@H](CC5)C4)(C1)CC(c1ccccc1)(C3)C2. The number of rotatable bonds is 3. The molecule has 7 aliphatic carbocycles. The normalized spacial score (nSPS) is 47.8. The average Bonchev–Trinajstić information content (AvgIpc) is 2.99. The van der Waals surface area contributed by atoms with Gasteiger partial charge >= 0.3 is 0 Å². The minimum absolute atomic E-state index is 0.116. The largest absolute Gasteiger partial charge is 0.353 e. The van der Waals surface area contributed by atoms with Crippen molar-refractivity contribution in [2.75, 3.05) is 0 Å². The van der Waals surface area contributed by atoms with Crippen molar-refractivity contribution in [2.24, 2.45) is 28.6 Å². The highest BCUT2D eigenvalue weighted by molar-refractivity contribution is 5.84. The summed E-state index contributed by atoms with van der Waals surface area (Å²) in [4.78, 5) is 13.9. The second-order valence-electron chi connectivity index (χ2n) is 12.3. The zero-order valence-corrected chi connectivity index (χ0v) is 18.1. The van der Waals surface area contributed by atoms with E-state index in [0.29, 0.717) is 17.4 Å². The molecule has 8 rings (SSSR count). The van der Waals surface area contributed by atoms with E-state index in [2.05, 4.69) is 42.6 Å². The van der Waals surface area contributed by atoms with Gasteiger partial charge in [0, 0.05) is 6.04 Å². The van der Waals surface area contributed by atoms with Gasteiger partial charge in [-0.05, 0) is 85.5 Å². The van der Waals surface area contributed by atoms with Gasteiger partial charge in [-0.15, -0.1) is 0 Å². The molecule has 4 unspecified atom stereocenters. The number of nitrogens with one attached hydrogen (secondary N) is 1. The summed E-state index contributed by atoms with van der Waals surface area (Å²) in [6.07, 6.45) is 15.4. The summed E-state index contributed by atoms with van der Waals surface area (Å²) in [5.74, 6) is 2.89. The zero-order valence-electron chi connectivity index (χ0n) is 18.1. The second-order valence-corrected chi connectivity index (χ2v) is 12.3. The van der Waals surface area contributed by atoms with Crippen LogP contribution in [0.3, 0.4) is 0 Å². The predicted octanol–water partition coefficient (Wildman–Crippen LogP) is 6.00. The van der Waals surface area contributed by atoms with Crippen molar-refractivity contribution in [1.29, 1.82) is 0 Å². The molecule has 6 bridgehead atoms. The summed E-state index contributed by atoms with van der Waals surface area (Å²) >= 11 is 0. The van der Waals surface area contributed by atoms with Crippen molar-refractivity contribution in [3.8, 4) is 0 Å². The first-order valence-electron chi connectivity index (χ1n) is 12.3. The van der Waals surface area contributed by atoms with E-state index in [4.69, 9.17) is 0 Å². The molecule has 0 aliphatic heterocycles. The molecule has 156 valence electrons. The summed E-state index contributed by atoms with van der Waals surface area (Å²) in [6, 6.07) is 11.6. The summed E-state index contributed by atoms with van der Waals surface area (Å²) in [5.41, 5.74) is 1.96. The van der Waals surface area contributed by atoms with E-state index in [1.807, 2.05) is 0 Å². The van der Waals surface area contributed by atoms with E-state index in [-0.39, 0.29) is 10.8 Å². The molecule has 0 radical (unpaired) electrons. The third-order valence-electron chi connectivity index (χ3n) is 9.75. The number of carbonyl (C=O) groups excluding carboxylic acids is 1. The van der Waals surface area contributed by atoms with E-state index in [0.717, 1.165) is 37.0 Å². The van der Waals surface area contributed by atoms with Crippen LogP contribution >= 0.6 is 0 Å². The molecule has 2 heteroatoms. The monoisotopic (exact) mass is 391 g/mol. The molecule has 1 aromatic carbocycles. The molecule has 4 atom stereocenters. The van der Waals surface area contributed by atoms with Crippen LogP contribution in [0, 0.1) is 28.6 Å². The van der Waals surface area contributed by atoms with Gasteiger partial charge in [0.25, 0.3) is 0 Å². The molecule has 1 N–H and O–H groups in total. The lowest BCUT2D eigenvalue weighted by Crippen LogP contribution is -2.62. The van der Waals surface area contributed by atoms with E-state index in [9.17, 15) is 4.79 Å². The molecule has 0 saturated heterocycles. The van der Waals surface area contributed by atoms with Gasteiger partial charge in [0.15, 0.2) is 0 Å². The standard InChI is InChI=1S/C27H37NO/c1-25-13-21-14-26(16-25,22-5-3-2-4-6-22)18-27(15-21,17-25)24(29)28-23-11-19-7-8-20(12-23)10-9-19/h2-6,19-21,23H,7-18H2,1H3,(H,28,29)/t19-,20-,21?,25?,26?,27?. The fourth-order valence-electron chi connectivity index (χ4n) is 9.35. The van der Waals surface area contributed by atoms with Gasteiger partial charge in [-0.3, -0.25) is 4.79 Å². The lowest BCUT2D eigenvalue weighted by molar-refractivity contribution is -0.161. The third kappa shape index (κ3) is 3.00. The van der Waals surface area contributed by atoms with Crippen LogP contribution < -0.4 is 5.32 Å². The van der Waals surface area contributed by atoms with Crippen molar-refractivity contribution >= 4 is 5.91 Å². The van der Waals surface area contributed by atoms with Crippen molar-refractivity contribution in [2.45, 2.75) is 95.4 Å². The Morgan fingerprint density at radius 3 is 2.21 bits per heavy atom. The van der Waals surface area contributed by atoms with Gasteiger partial charge < -0.3 is 5.32 Å². The highest BCUT2D eigenvalue weighted by Crippen LogP contribution is 2.70. The molecule has 0 heterocycles. The smallest absolute Gasteiger partial charge is 0.226 e. The van der Waals surface area contributed by atoms with Crippen LogP contribution in [-0.2, 0) is 10.2 Å². The lowest BCUT2D eigenvalue weighted by Gasteiger charge is -2.65. The quantitative estimate of drug-likeness (QED) is 0.673. The molecule has 7 fully saturated rings. The van der Waals surface area contributed by atoms with E-state index in [1.165, 1.54) is 63.4 Å². The molecule has 7 saturated carbocycles. The molecule has 1 aromatic rings. The Morgan fingerprint density at radius 2 is 1.55 bits per heavy atom. The minimum atomic E-state index is -0.116. The van der Waals surface area contributed by atoms with Crippen LogP contribution in [-0.4, -0.2) is 11.9 Å². The predicted molar refractivity (Wildman–Crippen MR) is 116 cm³/mol. The molecule has 29 heavy (non-hydrogen) atoms. The van der Waals surface area contributed by atoms with E-state index < -0.39 is 0 Å². The molecule has 7 aliphatic rings. The molecule has 2 nitrogen and oxygen atoms in total. The van der Waals surface area contributed by atoms with Crippen molar-refractivity contribution in [3.63, 3.8) is 0 Å². The molecular formula is C27H37NO. The first-order chi connectivity index (χ1) is 14.0. The van der Waals surface area contributed by atoms with Crippen LogP contribution in [0.4, 0.5) is 0 Å². The Kier molecular flexibility index (Phi) is 4.04. The number of hydrogen-bond donors (Lipinski definition) is 1. The lowest BCUT2D eigenvalue weighted by atomic mass is 9.38. The van der Waals surface area contributed by atoms with Crippen LogP contribution in [0.5, 0.6) is 0 Å². The van der Waals surface area contributed by atoms with Gasteiger partial charge in [-0.1, -0.05) is 62.9 Å². The van der Waals surface area contributed by atoms with E-state index in [1.54, 1.807) is 0 Å². The Hall–Kier alpha value is -1.31. The van der Waals surface area contributed by atoms with Gasteiger partial charge in [-0.2, -0.15) is 0 Å². The second kappa shape index (κ2) is 6.34. The Bertz CT molecular complexity index is 782. The first-order valence-corrected chi connectivity index (χ1v) is 12.3. The van der Waals surface area contributed by atoms with Gasteiger partial charge in [0.1, 0.15) is 0 Å². The first kappa shape index (κ1) is 18.5. The van der Waals surface area contributed by atoms with Crippen molar-refractivity contribution < 1.29 is 4.79 Å². The third-order valence-corrected chi connectivity index (χ3v) is 9.75. The fourth-order valence-corrected chi connectivity index (χ4v) is 9.35. The number of hydrogen-bond acceptors (Lipinski definition) is 1. The topological polar surface area (TPSA) is 29.1 Å². The number of benzene rings is 1. The Labute approximate surface area is 176 Å². The Morgan fingerprint density at radius 1 is 0.862 bits per heavy atom. The maximum atomic E-state index is 13.9. The summed E-state index contributed by atoms with van der Waals surface area (Å²) in [7, 11) is 0. The number of fused-ring (bicyclic) bond motifs is 4. The summed E-state index contributed by atoms with van der Waals surface area (Å²) < 4.78 is 0. The molecule has 1 amide bonds. The van der Waals surface area contributed by atoms with Crippen LogP contribution in [0.25, 0.3) is 0 Å². The fraction of sp³-hybridized carbons (Fsp3) is 0.741. The number of amides is 1. The number of carbonyl (C=O) groups is 1. The van der Waals surface area contributed by atoms with Crippen LogP contribution in [0.1, 0.15) is 89.5 Å². The maximum absolute atomic E-state index is 13.9. The maximum Gasteiger partial charge on any atom is 0.226 e. The molecule has 0 aromatic heterocycles. The van der Waals surface area contributed by atoms with Gasteiger partial charge in [-0.25, -0.2) is 0 Å². The highest BCUT2D eigenvalue weighted by Gasteiger charge is 2.64. The summed E-state index contributed by atoms with van der Waals surface area (Å²) in [5, 5.41) is 3.66. The van der Waals surface area contributed by atoms with Crippen LogP contribution in [0.15, 0.2) is 30.3 Å². The van der Waals surface area contributed by atoms with Gasteiger partial charge in [0.2, 0.25) is 5.91 Å². The average molecular weight is 392 g/mol. The highest BCUT2D eigenvalue weighted by atomic mass is 16.2. The van der Waals surface area contributed by atoms with Crippen LogP contribution in [0.2, 0.25) is 0 Å². The van der Waals surface area contributed by atoms with Crippen molar-refractivity contribution in [3.05, 3.63) is 35.9 Å². The van der Waals surface area contributed by atoms with E-state index >= 15 is 0 Å². The zero-order chi connectivity index (χ0) is 19.7. The van der Waals surface area contributed by atoms with Gasteiger partial charge in [0.05, 0.1) is 5.41 Å².